The minimum absolute atomic E-state index is 0.000705. The van der Waals surface area contributed by atoms with E-state index in [0.717, 1.165) is 11.6 Å². The molecule has 0 unspecified atom stereocenters. The van der Waals surface area contributed by atoms with Crippen molar-refractivity contribution in [2.75, 3.05) is 0 Å². The number of benzene rings is 2. The number of aldehydes is 1. The van der Waals surface area contributed by atoms with E-state index in [1.54, 1.807) is 6.07 Å². The second kappa shape index (κ2) is 5.45. The first-order chi connectivity index (χ1) is 9.40. The molecule has 20 heavy (non-hydrogen) atoms. The highest BCUT2D eigenvalue weighted by molar-refractivity contribution is 5.75. The lowest BCUT2D eigenvalue weighted by Gasteiger charge is -2.19. The molecule has 0 aromatic heterocycles. The molecule has 0 radical (unpaired) electrons. The van der Waals surface area contributed by atoms with Gasteiger partial charge in [-0.3, -0.25) is 4.79 Å². The summed E-state index contributed by atoms with van der Waals surface area (Å²) < 4.78 is 19.3. The molecule has 104 valence electrons. The standard InChI is InChI=1S/C17H17FO2/c1-17(2,3)13-5-4-6-14(10-13)20-16-8-7-12(11-19)9-15(16)18/h4-11H,1-3H3. The summed E-state index contributed by atoms with van der Waals surface area (Å²) in [6.07, 6.45) is 0.604. The maximum atomic E-state index is 13.8. The topological polar surface area (TPSA) is 26.3 Å². The second-order valence-corrected chi connectivity index (χ2v) is 5.69. The molecular formula is C17H17FO2. The van der Waals surface area contributed by atoms with Crippen LogP contribution in [0.15, 0.2) is 42.5 Å². The average Bonchev–Trinajstić information content (AvgIpc) is 2.40. The van der Waals surface area contributed by atoms with Crippen LogP contribution in [0.25, 0.3) is 0 Å². The van der Waals surface area contributed by atoms with Crippen LogP contribution in [0.1, 0.15) is 36.7 Å². The summed E-state index contributed by atoms with van der Waals surface area (Å²) in [7, 11) is 0. The first-order valence-corrected chi connectivity index (χ1v) is 6.43. The summed E-state index contributed by atoms with van der Waals surface area (Å²) in [5.74, 6) is 0.146. The molecule has 0 aliphatic heterocycles. The van der Waals surface area contributed by atoms with Crippen molar-refractivity contribution in [2.24, 2.45) is 0 Å². The van der Waals surface area contributed by atoms with E-state index in [9.17, 15) is 9.18 Å². The van der Waals surface area contributed by atoms with Crippen LogP contribution in [-0.2, 0) is 5.41 Å². The van der Waals surface area contributed by atoms with Crippen molar-refractivity contribution in [3.63, 3.8) is 0 Å². The molecule has 0 N–H and O–H groups in total. The van der Waals surface area contributed by atoms with E-state index in [0.29, 0.717) is 17.6 Å². The fraction of sp³-hybridized carbons (Fsp3) is 0.235. The number of hydrogen-bond donors (Lipinski definition) is 0. The zero-order chi connectivity index (χ0) is 14.8. The van der Waals surface area contributed by atoms with Crippen molar-refractivity contribution >= 4 is 6.29 Å². The fourth-order valence-corrected chi connectivity index (χ4v) is 1.83. The van der Waals surface area contributed by atoms with Crippen molar-refractivity contribution in [1.82, 2.24) is 0 Å². The highest BCUT2D eigenvalue weighted by Gasteiger charge is 2.14. The van der Waals surface area contributed by atoms with E-state index in [2.05, 4.69) is 20.8 Å². The highest BCUT2D eigenvalue weighted by Crippen LogP contribution is 2.29. The van der Waals surface area contributed by atoms with Crippen LogP contribution in [0, 0.1) is 5.82 Å². The van der Waals surface area contributed by atoms with Gasteiger partial charge in [0.15, 0.2) is 11.6 Å². The lowest BCUT2D eigenvalue weighted by molar-refractivity contribution is 0.112. The number of carbonyl (C=O) groups excluding carboxylic acids is 1. The highest BCUT2D eigenvalue weighted by atomic mass is 19.1. The summed E-state index contributed by atoms with van der Waals surface area (Å²) >= 11 is 0. The van der Waals surface area contributed by atoms with E-state index in [-0.39, 0.29) is 11.2 Å². The Kier molecular flexibility index (Phi) is 3.89. The molecule has 0 aliphatic carbocycles. The molecule has 0 bridgehead atoms. The van der Waals surface area contributed by atoms with Gasteiger partial charge in [-0.05, 0) is 41.3 Å². The summed E-state index contributed by atoms with van der Waals surface area (Å²) in [5.41, 5.74) is 1.40. The van der Waals surface area contributed by atoms with Crippen molar-refractivity contribution < 1.29 is 13.9 Å². The smallest absolute Gasteiger partial charge is 0.166 e. The van der Waals surface area contributed by atoms with Gasteiger partial charge in [0.25, 0.3) is 0 Å². The molecule has 0 fully saturated rings. The summed E-state index contributed by atoms with van der Waals surface area (Å²) in [6, 6.07) is 11.7. The first kappa shape index (κ1) is 14.3. The number of ether oxygens (including phenoxy) is 1. The Labute approximate surface area is 118 Å². The predicted octanol–water partition coefficient (Wildman–Crippen LogP) is 4.73. The number of halogens is 1. The molecule has 0 amide bonds. The van der Waals surface area contributed by atoms with Gasteiger partial charge in [0.2, 0.25) is 0 Å². The minimum Gasteiger partial charge on any atom is -0.454 e. The van der Waals surface area contributed by atoms with Gasteiger partial charge in [0, 0.05) is 5.56 Å². The molecule has 2 aromatic rings. The van der Waals surface area contributed by atoms with Crippen molar-refractivity contribution in [2.45, 2.75) is 26.2 Å². The number of rotatable bonds is 3. The van der Waals surface area contributed by atoms with Crippen LogP contribution in [0.4, 0.5) is 4.39 Å². The lowest BCUT2D eigenvalue weighted by Crippen LogP contribution is -2.10. The van der Waals surface area contributed by atoms with Crippen molar-refractivity contribution in [3.8, 4) is 11.5 Å². The third-order valence-corrected chi connectivity index (χ3v) is 3.02. The van der Waals surface area contributed by atoms with E-state index in [1.807, 2.05) is 18.2 Å². The van der Waals surface area contributed by atoms with Gasteiger partial charge in [-0.25, -0.2) is 4.39 Å². The lowest BCUT2D eigenvalue weighted by atomic mass is 9.87. The maximum Gasteiger partial charge on any atom is 0.166 e. The number of hydrogen-bond acceptors (Lipinski definition) is 2. The summed E-state index contributed by atoms with van der Waals surface area (Å²) in [6.45, 7) is 6.31. The van der Waals surface area contributed by atoms with Gasteiger partial charge in [0.1, 0.15) is 12.0 Å². The summed E-state index contributed by atoms with van der Waals surface area (Å²) in [4.78, 5) is 10.6. The van der Waals surface area contributed by atoms with Gasteiger partial charge in [-0.15, -0.1) is 0 Å². The third-order valence-electron chi connectivity index (χ3n) is 3.02. The normalized spacial score (nSPS) is 11.2. The molecule has 3 heteroatoms. The Hall–Kier alpha value is -2.16. The SMILES string of the molecule is CC(C)(C)c1cccc(Oc2ccc(C=O)cc2F)c1. The van der Waals surface area contributed by atoms with Gasteiger partial charge in [-0.2, -0.15) is 0 Å². The molecule has 0 saturated carbocycles. The molecule has 0 aliphatic rings. The molecule has 0 heterocycles. The van der Waals surface area contributed by atoms with Gasteiger partial charge >= 0.3 is 0 Å². The van der Waals surface area contributed by atoms with E-state index in [4.69, 9.17) is 4.74 Å². The van der Waals surface area contributed by atoms with E-state index >= 15 is 0 Å². The summed E-state index contributed by atoms with van der Waals surface area (Å²) in [5, 5.41) is 0. The molecule has 2 aromatic carbocycles. The third kappa shape index (κ3) is 3.23. The fourth-order valence-electron chi connectivity index (χ4n) is 1.83. The van der Waals surface area contributed by atoms with E-state index in [1.165, 1.54) is 12.1 Å². The zero-order valence-corrected chi connectivity index (χ0v) is 11.8. The Bertz CT molecular complexity index is 627. The van der Waals surface area contributed by atoms with Crippen LogP contribution in [0.3, 0.4) is 0 Å². The van der Waals surface area contributed by atoms with Crippen LogP contribution in [-0.4, -0.2) is 6.29 Å². The molecule has 2 nitrogen and oxygen atoms in total. The Morgan fingerprint density at radius 2 is 1.85 bits per heavy atom. The van der Waals surface area contributed by atoms with Crippen LogP contribution >= 0.6 is 0 Å². The quantitative estimate of drug-likeness (QED) is 0.755. The van der Waals surface area contributed by atoms with Gasteiger partial charge in [-0.1, -0.05) is 32.9 Å². The molecule has 2 rings (SSSR count). The molecular weight excluding hydrogens is 255 g/mol. The van der Waals surface area contributed by atoms with Gasteiger partial charge < -0.3 is 4.74 Å². The van der Waals surface area contributed by atoms with E-state index < -0.39 is 5.82 Å². The first-order valence-electron chi connectivity index (χ1n) is 6.43. The number of carbonyl (C=O) groups is 1. The van der Waals surface area contributed by atoms with Crippen LogP contribution in [0.5, 0.6) is 11.5 Å². The van der Waals surface area contributed by atoms with Gasteiger partial charge in [0.05, 0.1) is 0 Å². The molecule has 0 spiro atoms. The predicted molar refractivity (Wildman–Crippen MR) is 77.0 cm³/mol. The molecule has 0 saturated heterocycles. The van der Waals surface area contributed by atoms with Crippen LogP contribution < -0.4 is 4.74 Å². The molecule has 0 atom stereocenters. The largest absolute Gasteiger partial charge is 0.454 e. The Morgan fingerprint density at radius 3 is 2.45 bits per heavy atom. The maximum absolute atomic E-state index is 13.8. The van der Waals surface area contributed by atoms with Crippen LogP contribution in [0.2, 0.25) is 0 Å². The van der Waals surface area contributed by atoms with Crippen molar-refractivity contribution in [3.05, 3.63) is 59.4 Å². The monoisotopic (exact) mass is 272 g/mol. The Balaban J connectivity index is 2.28. The Morgan fingerprint density at radius 1 is 1.10 bits per heavy atom. The van der Waals surface area contributed by atoms with Crippen molar-refractivity contribution in [1.29, 1.82) is 0 Å². The average molecular weight is 272 g/mol. The second-order valence-electron chi connectivity index (χ2n) is 5.69. The zero-order valence-electron chi connectivity index (χ0n) is 11.8. The minimum atomic E-state index is -0.546.